The van der Waals surface area contributed by atoms with Crippen LogP contribution in [0.1, 0.15) is 36.4 Å². The highest BCUT2D eigenvalue weighted by Crippen LogP contribution is 2.24. The summed E-state index contributed by atoms with van der Waals surface area (Å²) in [6, 6.07) is 7.02. The SMILES string of the molecule is Cc1cc(-n2nc(C)c(Br)c2C)ccc1CNC(C)C. The Labute approximate surface area is 129 Å². The predicted octanol–water partition coefficient (Wildman–Crippen LogP) is 4.06. The van der Waals surface area contributed by atoms with Crippen molar-refractivity contribution in [1.82, 2.24) is 15.1 Å². The van der Waals surface area contributed by atoms with Crippen LogP contribution in [0.5, 0.6) is 0 Å². The quantitative estimate of drug-likeness (QED) is 0.913. The molecule has 0 saturated heterocycles. The minimum absolute atomic E-state index is 0.501. The number of halogens is 1. The van der Waals surface area contributed by atoms with Gasteiger partial charge in [0.1, 0.15) is 0 Å². The molecule has 0 saturated carbocycles. The molecule has 0 aliphatic rings. The average molecular weight is 336 g/mol. The van der Waals surface area contributed by atoms with E-state index in [2.05, 4.69) is 72.2 Å². The monoisotopic (exact) mass is 335 g/mol. The minimum Gasteiger partial charge on any atom is -0.310 e. The lowest BCUT2D eigenvalue weighted by Crippen LogP contribution is -2.22. The standard InChI is InChI=1S/C16H22BrN3/c1-10(2)18-9-14-6-7-15(8-11(14)3)20-13(5)16(17)12(4)19-20/h6-8,10,18H,9H2,1-5H3. The van der Waals surface area contributed by atoms with Crippen molar-refractivity contribution in [2.75, 3.05) is 0 Å². The van der Waals surface area contributed by atoms with Crippen molar-refractivity contribution in [1.29, 1.82) is 0 Å². The molecule has 1 aromatic carbocycles. The number of aromatic nitrogens is 2. The van der Waals surface area contributed by atoms with Gasteiger partial charge in [-0.1, -0.05) is 19.9 Å². The van der Waals surface area contributed by atoms with Crippen LogP contribution in [-0.2, 0) is 6.54 Å². The van der Waals surface area contributed by atoms with Gasteiger partial charge in [0.2, 0.25) is 0 Å². The smallest absolute Gasteiger partial charge is 0.0743 e. The summed E-state index contributed by atoms with van der Waals surface area (Å²) in [6.07, 6.45) is 0. The predicted molar refractivity (Wildman–Crippen MR) is 87.5 cm³/mol. The zero-order valence-electron chi connectivity index (χ0n) is 12.8. The Morgan fingerprint density at radius 2 is 1.95 bits per heavy atom. The van der Waals surface area contributed by atoms with Crippen molar-refractivity contribution in [3.8, 4) is 5.69 Å². The summed E-state index contributed by atoms with van der Waals surface area (Å²) in [5.74, 6) is 0. The molecular weight excluding hydrogens is 314 g/mol. The molecule has 108 valence electrons. The van der Waals surface area contributed by atoms with Gasteiger partial charge < -0.3 is 5.32 Å². The van der Waals surface area contributed by atoms with Crippen LogP contribution >= 0.6 is 15.9 Å². The first-order valence-electron chi connectivity index (χ1n) is 6.95. The summed E-state index contributed by atoms with van der Waals surface area (Å²) in [7, 11) is 0. The molecule has 0 unspecified atom stereocenters. The van der Waals surface area contributed by atoms with E-state index in [0.29, 0.717) is 6.04 Å². The van der Waals surface area contributed by atoms with Crippen LogP contribution in [0.2, 0.25) is 0 Å². The van der Waals surface area contributed by atoms with Gasteiger partial charge in [-0.25, -0.2) is 4.68 Å². The molecule has 0 amide bonds. The van der Waals surface area contributed by atoms with Gasteiger partial charge in [-0.15, -0.1) is 0 Å². The lowest BCUT2D eigenvalue weighted by Gasteiger charge is -2.12. The minimum atomic E-state index is 0.501. The fourth-order valence-corrected chi connectivity index (χ4v) is 2.45. The van der Waals surface area contributed by atoms with Crippen LogP contribution < -0.4 is 5.32 Å². The normalized spacial score (nSPS) is 11.3. The van der Waals surface area contributed by atoms with E-state index in [-0.39, 0.29) is 0 Å². The van der Waals surface area contributed by atoms with Gasteiger partial charge in [-0.05, 0) is 60.0 Å². The maximum absolute atomic E-state index is 4.58. The maximum atomic E-state index is 4.58. The molecule has 0 aliphatic carbocycles. The Morgan fingerprint density at radius 3 is 2.45 bits per heavy atom. The second-order valence-corrected chi connectivity index (χ2v) is 6.34. The van der Waals surface area contributed by atoms with E-state index < -0.39 is 0 Å². The first-order chi connectivity index (χ1) is 9.40. The molecule has 1 aromatic heterocycles. The summed E-state index contributed by atoms with van der Waals surface area (Å²) < 4.78 is 3.08. The van der Waals surface area contributed by atoms with E-state index in [0.717, 1.165) is 28.1 Å². The highest BCUT2D eigenvalue weighted by atomic mass is 79.9. The van der Waals surface area contributed by atoms with Gasteiger partial charge in [0, 0.05) is 12.6 Å². The fourth-order valence-electron chi connectivity index (χ4n) is 2.20. The molecule has 4 heteroatoms. The van der Waals surface area contributed by atoms with Crippen LogP contribution in [0.25, 0.3) is 5.69 Å². The lowest BCUT2D eigenvalue weighted by molar-refractivity contribution is 0.587. The lowest BCUT2D eigenvalue weighted by atomic mass is 10.1. The van der Waals surface area contributed by atoms with E-state index in [1.54, 1.807) is 0 Å². The summed E-state index contributed by atoms with van der Waals surface area (Å²) >= 11 is 3.58. The number of aryl methyl sites for hydroxylation is 2. The third kappa shape index (κ3) is 3.13. The molecular formula is C16H22BrN3. The number of rotatable bonds is 4. The van der Waals surface area contributed by atoms with Crippen LogP contribution in [0, 0.1) is 20.8 Å². The van der Waals surface area contributed by atoms with Crippen LogP contribution in [0.15, 0.2) is 22.7 Å². The third-order valence-corrected chi connectivity index (χ3v) is 4.62. The number of nitrogens with one attached hydrogen (secondary N) is 1. The van der Waals surface area contributed by atoms with Gasteiger partial charge in [-0.3, -0.25) is 0 Å². The average Bonchev–Trinajstić information content (AvgIpc) is 2.65. The molecule has 0 spiro atoms. The third-order valence-electron chi connectivity index (χ3n) is 3.47. The Kier molecular flexibility index (Phi) is 4.66. The summed E-state index contributed by atoms with van der Waals surface area (Å²) in [5.41, 5.74) is 5.89. The van der Waals surface area contributed by atoms with Crippen LogP contribution in [-0.4, -0.2) is 15.8 Å². The summed E-state index contributed by atoms with van der Waals surface area (Å²) in [6.45, 7) is 11.5. The first-order valence-corrected chi connectivity index (χ1v) is 7.74. The first kappa shape index (κ1) is 15.3. The molecule has 2 aromatic rings. The number of nitrogens with zero attached hydrogens (tertiary/aromatic N) is 2. The van der Waals surface area contributed by atoms with Crippen molar-refractivity contribution in [2.24, 2.45) is 0 Å². The van der Waals surface area contributed by atoms with Crippen LogP contribution in [0.4, 0.5) is 0 Å². The molecule has 1 heterocycles. The molecule has 20 heavy (non-hydrogen) atoms. The maximum Gasteiger partial charge on any atom is 0.0743 e. The van der Waals surface area contributed by atoms with Crippen molar-refractivity contribution >= 4 is 15.9 Å². The summed E-state index contributed by atoms with van der Waals surface area (Å²) in [5, 5.41) is 8.04. The van der Waals surface area contributed by atoms with E-state index in [4.69, 9.17) is 0 Å². The van der Waals surface area contributed by atoms with Gasteiger partial charge in [0.15, 0.2) is 0 Å². The van der Waals surface area contributed by atoms with Gasteiger partial charge in [-0.2, -0.15) is 5.10 Å². The van der Waals surface area contributed by atoms with E-state index in [1.165, 1.54) is 11.1 Å². The number of hydrogen-bond donors (Lipinski definition) is 1. The largest absolute Gasteiger partial charge is 0.310 e. The van der Waals surface area contributed by atoms with Crippen molar-refractivity contribution in [3.63, 3.8) is 0 Å². The highest BCUT2D eigenvalue weighted by molar-refractivity contribution is 9.10. The number of hydrogen-bond acceptors (Lipinski definition) is 2. The number of benzene rings is 1. The van der Waals surface area contributed by atoms with E-state index >= 15 is 0 Å². The Morgan fingerprint density at radius 1 is 1.25 bits per heavy atom. The second kappa shape index (κ2) is 6.10. The zero-order chi connectivity index (χ0) is 14.9. The Bertz CT molecular complexity index is 614. The molecule has 0 bridgehead atoms. The van der Waals surface area contributed by atoms with Crippen LogP contribution in [0.3, 0.4) is 0 Å². The molecule has 2 rings (SSSR count). The topological polar surface area (TPSA) is 29.9 Å². The molecule has 1 N–H and O–H groups in total. The summed E-state index contributed by atoms with van der Waals surface area (Å²) in [4.78, 5) is 0. The van der Waals surface area contributed by atoms with Gasteiger partial charge >= 0.3 is 0 Å². The molecule has 3 nitrogen and oxygen atoms in total. The fraction of sp³-hybridized carbons (Fsp3) is 0.438. The van der Waals surface area contributed by atoms with E-state index in [1.807, 2.05) is 11.6 Å². The molecule has 0 atom stereocenters. The van der Waals surface area contributed by atoms with E-state index in [9.17, 15) is 0 Å². The Balaban J connectivity index is 2.31. The second-order valence-electron chi connectivity index (χ2n) is 5.54. The van der Waals surface area contributed by atoms with Crippen molar-refractivity contribution in [3.05, 3.63) is 45.2 Å². The molecule has 0 radical (unpaired) electrons. The zero-order valence-corrected chi connectivity index (χ0v) is 14.4. The van der Waals surface area contributed by atoms with Crippen molar-refractivity contribution in [2.45, 2.75) is 47.2 Å². The van der Waals surface area contributed by atoms with Crippen molar-refractivity contribution < 1.29 is 0 Å². The van der Waals surface area contributed by atoms with Gasteiger partial charge in [0.25, 0.3) is 0 Å². The Hall–Kier alpha value is -1.13. The molecule has 0 fully saturated rings. The van der Waals surface area contributed by atoms with Gasteiger partial charge in [0.05, 0.1) is 21.5 Å². The highest BCUT2D eigenvalue weighted by Gasteiger charge is 2.11. The molecule has 0 aliphatic heterocycles.